The second-order valence-corrected chi connectivity index (χ2v) is 10.4. The van der Waals surface area contributed by atoms with E-state index in [0.29, 0.717) is 20.9 Å². The van der Waals surface area contributed by atoms with Gasteiger partial charge in [0.15, 0.2) is 6.61 Å². The highest BCUT2D eigenvalue weighted by Crippen LogP contribution is 2.43. The topological polar surface area (TPSA) is 67.4 Å². The van der Waals surface area contributed by atoms with Crippen molar-refractivity contribution < 1.29 is 14.3 Å². The number of rotatable bonds is 7. The van der Waals surface area contributed by atoms with E-state index in [0.717, 1.165) is 12.8 Å². The maximum Gasteiger partial charge on any atom is 0.262 e. The molecule has 0 radical (unpaired) electrons. The van der Waals surface area contributed by atoms with Gasteiger partial charge in [-0.05, 0) is 59.9 Å². The minimum atomic E-state index is -0.273. The third kappa shape index (κ3) is 5.24. The largest absolute Gasteiger partial charge is 0.484 e. The van der Waals surface area contributed by atoms with Crippen LogP contribution in [0.15, 0.2) is 35.7 Å². The highest BCUT2D eigenvalue weighted by atomic mass is 32.2. The minimum absolute atomic E-state index is 0.0894. The molecular weight excluding hydrogens is 412 g/mol. The predicted octanol–water partition coefficient (Wildman–Crippen LogP) is 4.53. The molecule has 4 rings (SSSR count). The first-order valence-corrected chi connectivity index (χ1v) is 12.3. The summed E-state index contributed by atoms with van der Waals surface area (Å²) < 4.78 is 6.10. The van der Waals surface area contributed by atoms with Gasteiger partial charge >= 0.3 is 0 Å². The van der Waals surface area contributed by atoms with Crippen LogP contribution in [-0.2, 0) is 4.79 Å². The summed E-state index contributed by atoms with van der Waals surface area (Å²) in [6.45, 7) is -0.0894. The van der Waals surface area contributed by atoms with Gasteiger partial charge in [-0.2, -0.15) is 0 Å². The first-order valence-electron chi connectivity index (χ1n) is 9.33. The zero-order valence-electron chi connectivity index (χ0n) is 15.3. The van der Waals surface area contributed by atoms with Crippen molar-refractivity contribution in [2.45, 2.75) is 29.9 Å². The molecule has 2 fully saturated rings. The SMILES string of the molecule is O=C(COc1ccc(C2SCCCS2)cc1)Nc1sccc1C(=O)NC1CC1. The van der Waals surface area contributed by atoms with Gasteiger partial charge in [-0.25, -0.2) is 0 Å². The third-order valence-corrected chi connectivity index (χ3v) is 8.27. The molecule has 2 heterocycles. The number of benzene rings is 1. The van der Waals surface area contributed by atoms with Crippen molar-refractivity contribution in [2.24, 2.45) is 0 Å². The Labute approximate surface area is 177 Å². The van der Waals surface area contributed by atoms with Gasteiger partial charge in [0.05, 0.1) is 10.1 Å². The molecule has 5 nitrogen and oxygen atoms in total. The summed E-state index contributed by atoms with van der Waals surface area (Å²) in [4.78, 5) is 24.4. The number of thioether (sulfide) groups is 2. The zero-order chi connectivity index (χ0) is 19.3. The van der Waals surface area contributed by atoms with Crippen LogP contribution in [0.1, 0.15) is 39.8 Å². The number of carbonyl (C=O) groups excluding carboxylic acids is 2. The fraction of sp³-hybridized carbons (Fsp3) is 0.400. The van der Waals surface area contributed by atoms with Gasteiger partial charge in [-0.15, -0.1) is 34.9 Å². The van der Waals surface area contributed by atoms with E-state index < -0.39 is 0 Å². The Morgan fingerprint density at radius 1 is 1.07 bits per heavy atom. The summed E-state index contributed by atoms with van der Waals surface area (Å²) >= 11 is 5.30. The number of hydrogen-bond donors (Lipinski definition) is 2. The van der Waals surface area contributed by atoms with Gasteiger partial charge in [0.25, 0.3) is 11.8 Å². The normalized spacial score (nSPS) is 17.1. The molecule has 8 heteroatoms. The van der Waals surface area contributed by atoms with Crippen LogP contribution >= 0.6 is 34.9 Å². The van der Waals surface area contributed by atoms with Crippen molar-refractivity contribution >= 4 is 51.7 Å². The molecule has 148 valence electrons. The lowest BCUT2D eigenvalue weighted by molar-refractivity contribution is -0.118. The van der Waals surface area contributed by atoms with E-state index in [2.05, 4.69) is 22.8 Å². The second-order valence-electron chi connectivity index (χ2n) is 6.74. The fourth-order valence-corrected chi connectivity index (χ4v) is 6.48. The quantitative estimate of drug-likeness (QED) is 0.670. The highest BCUT2D eigenvalue weighted by Gasteiger charge is 2.25. The van der Waals surface area contributed by atoms with Crippen molar-refractivity contribution in [2.75, 3.05) is 23.4 Å². The summed E-state index contributed by atoms with van der Waals surface area (Å²) in [5.74, 6) is 2.68. The van der Waals surface area contributed by atoms with Crippen LogP contribution in [0.2, 0.25) is 0 Å². The Balaban J connectivity index is 1.27. The number of amides is 2. The van der Waals surface area contributed by atoms with Crippen molar-refractivity contribution in [1.82, 2.24) is 5.32 Å². The van der Waals surface area contributed by atoms with Crippen molar-refractivity contribution in [3.63, 3.8) is 0 Å². The van der Waals surface area contributed by atoms with E-state index in [9.17, 15) is 9.59 Å². The number of carbonyl (C=O) groups is 2. The Hall–Kier alpha value is -1.64. The fourth-order valence-electron chi connectivity index (χ4n) is 2.79. The van der Waals surface area contributed by atoms with E-state index in [-0.39, 0.29) is 24.5 Å². The average Bonchev–Trinajstić information content (AvgIpc) is 3.42. The Morgan fingerprint density at radius 3 is 2.54 bits per heavy atom. The zero-order valence-corrected chi connectivity index (χ0v) is 17.8. The molecule has 2 aromatic rings. The van der Waals surface area contributed by atoms with E-state index >= 15 is 0 Å². The molecule has 2 aliphatic rings. The molecule has 1 aliphatic heterocycles. The number of thiophene rings is 1. The van der Waals surface area contributed by atoms with Crippen LogP contribution in [0.5, 0.6) is 5.75 Å². The maximum atomic E-state index is 12.2. The molecule has 28 heavy (non-hydrogen) atoms. The Morgan fingerprint density at radius 2 is 1.82 bits per heavy atom. The molecule has 0 spiro atoms. The van der Waals surface area contributed by atoms with Crippen molar-refractivity contribution in [3.8, 4) is 5.75 Å². The first kappa shape index (κ1) is 19.7. The lowest BCUT2D eigenvalue weighted by Gasteiger charge is -2.21. The van der Waals surface area contributed by atoms with Crippen LogP contribution < -0.4 is 15.4 Å². The van der Waals surface area contributed by atoms with Crippen LogP contribution in [-0.4, -0.2) is 36.0 Å². The molecule has 1 aliphatic carbocycles. The molecule has 0 atom stereocenters. The summed E-state index contributed by atoms with van der Waals surface area (Å²) in [6, 6.07) is 9.99. The van der Waals surface area contributed by atoms with E-state index in [1.54, 1.807) is 11.4 Å². The van der Waals surface area contributed by atoms with Gasteiger partial charge in [0.2, 0.25) is 0 Å². The number of anilines is 1. The van der Waals surface area contributed by atoms with Gasteiger partial charge < -0.3 is 15.4 Å². The Bertz CT molecular complexity index is 827. The monoisotopic (exact) mass is 434 g/mol. The molecule has 1 saturated heterocycles. The lowest BCUT2D eigenvalue weighted by Crippen LogP contribution is -2.27. The van der Waals surface area contributed by atoms with Crippen LogP contribution in [0, 0.1) is 0 Å². The standard InChI is InChI=1S/C20H22N2O3S3/c23-17(22-19-16(8-11-26-19)18(24)21-14-4-5-14)12-25-15-6-2-13(3-7-15)20-27-9-1-10-28-20/h2-3,6-8,11,14,20H,1,4-5,9-10,12H2,(H,21,24)(H,22,23). The Kier molecular flexibility index (Phi) is 6.49. The lowest BCUT2D eigenvalue weighted by atomic mass is 10.2. The molecule has 1 aromatic heterocycles. The van der Waals surface area contributed by atoms with Crippen molar-refractivity contribution in [3.05, 3.63) is 46.8 Å². The average molecular weight is 435 g/mol. The van der Waals surface area contributed by atoms with Crippen molar-refractivity contribution in [1.29, 1.82) is 0 Å². The smallest absolute Gasteiger partial charge is 0.262 e. The van der Waals surface area contributed by atoms with E-state index in [1.165, 1.54) is 34.8 Å². The molecule has 2 N–H and O–H groups in total. The number of hydrogen-bond acceptors (Lipinski definition) is 6. The molecule has 0 unspecified atom stereocenters. The summed E-state index contributed by atoms with van der Waals surface area (Å²) in [7, 11) is 0. The molecule has 1 saturated carbocycles. The van der Waals surface area contributed by atoms with Gasteiger partial charge in [0, 0.05) is 6.04 Å². The van der Waals surface area contributed by atoms with E-state index in [1.807, 2.05) is 35.7 Å². The van der Waals surface area contributed by atoms with Gasteiger partial charge in [0.1, 0.15) is 10.8 Å². The molecule has 2 amide bonds. The third-order valence-electron chi connectivity index (χ3n) is 4.42. The number of nitrogens with one attached hydrogen (secondary N) is 2. The van der Waals surface area contributed by atoms with Crippen LogP contribution in [0.25, 0.3) is 0 Å². The summed E-state index contributed by atoms with van der Waals surface area (Å²) in [6.07, 6.45) is 3.33. The minimum Gasteiger partial charge on any atom is -0.484 e. The summed E-state index contributed by atoms with van der Waals surface area (Å²) in [5, 5.41) is 8.09. The van der Waals surface area contributed by atoms with Crippen LogP contribution in [0.4, 0.5) is 5.00 Å². The van der Waals surface area contributed by atoms with Crippen LogP contribution in [0.3, 0.4) is 0 Å². The van der Waals surface area contributed by atoms with E-state index in [4.69, 9.17) is 4.74 Å². The second kappa shape index (κ2) is 9.24. The highest BCUT2D eigenvalue weighted by molar-refractivity contribution is 8.16. The molecular formula is C20H22N2O3S3. The van der Waals surface area contributed by atoms with Gasteiger partial charge in [-0.1, -0.05) is 12.1 Å². The van der Waals surface area contributed by atoms with Gasteiger partial charge in [-0.3, -0.25) is 9.59 Å². The predicted molar refractivity (Wildman–Crippen MR) is 118 cm³/mol. The summed E-state index contributed by atoms with van der Waals surface area (Å²) in [5.41, 5.74) is 1.80. The first-order chi connectivity index (χ1) is 13.7. The molecule has 1 aromatic carbocycles. The maximum absolute atomic E-state index is 12.2. The molecule has 0 bridgehead atoms. The number of ether oxygens (including phenoxy) is 1.